The predicted molar refractivity (Wildman–Crippen MR) is 13.3 cm³/mol. The maximum Gasteiger partial charge on any atom is 0.283 e. The molecule has 0 aromatic heterocycles. The Labute approximate surface area is 73.2 Å². The molecule has 0 unspecified atom stereocenters. The maximum atomic E-state index is 6.88. The van der Waals surface area contributed by atoms with Crippen LogP contribution in [0.25, 0.3) is 0 Å². The van der Waals surface area contributed by atoms with Crippen LogP contribution in [0.1, 0.15) is 0 Å². The van der Waals surface area contributed by atoms with Gasteiger partial charge in [-0.3, -0.25) is 0 Å². The summed E-state index contributed by atoms with van der Waals surface area (Å²) in [5.41, 5.74) is 0. The van der Waals surface area contributed by atoms with Crippen LogP contribution >= 0.6 is 0 Å². The van der Waals surface area contributed by atoms with E-state index in [-0.39, 0.29) is 58.2 Å². The van der Waals surface area contributed by atoms with Crippen molar-refractivity contribution in [3.63, 3.8) is 0 Å². The summed E-state index contributed by atoms with van der Waals surface area (Å²) in [5.74, 6) is 0. The van der Waals surface area contributed by atoms with Gasteiger partial charge in [-0.05, 0) is 0 Å². The van der Waals surface area contributed by atoms with E-state index in [2.05, 4.69) is 0 Å². The fourth-order valence-electron chi connectivity index (χ4n) is 0. The molecule has 2 nitrogen and oxygen atoms in total. The van der Waals surface area contributed by atoms with Gasteiger partial charge in [0.1, 0.15) is 0 Å². The Kier molecular flexibility index (Phi) is 19.9. The first kappa shape index (κ1) is 8.92. The predicted octanol–water partition coefficient (Wildman–Crippen LogP) is -0.541. The molecule has 0 saturated carbocycles. The fraction of sp³-hybridized carbons (Fsp3) is 0. The SMILES string of the molecule is N#CO.[Rb]. The standard InChI is InChI=1S/CHNO.Rb/c2-1-3;/h3H;. The van der Waals surface area contributed by atoms with Crippen molar-refractivity contribution >= 4 is 58.2 Å². The average molecular weight is 128 g/mol. The Morgan fingerprint density at radius 3 is 1.75 bits per heavy atom. The Morgan fingerprint density at radius 2 is 1.75 bits per heavy atom. The molecule has 0 aliphatic heterocycles. The Balaban J connectivity index is 0. The maximum absolute atomic E-state index is 6.88. The van der Waals surface area contributed by atoms with Gasteiger partial charge in [-0.25, -0.2) is 0 Å². The van der Waals surface area contributed by atoms with Crippen LogP contribution in [0.4, 0.5) is 0 Å². The average Bonchev–Trinajstić information content (AvgIpc) is 0.918. The van der Waals surface area contributed by atoms with Crippen molar-refractivity contribution in [3.8, 4) is 6.26 Å². The van der Waals surface area contributed by atoms with Gasteiger partial charge < -0.3 is 5.11 Å². The van der Waals surface area contributed by atoms with Crippen molar-refractivity contribution in [2.45, 2.75) is 0 Å². The van der Waals surface area contributed by atoms with E-state index in [1.807, 2.05) is 0 Å². The van der Waals surface area contributed by atoms with Crippen LogP contribution in [-0.4, -0.2) is 63.3 Å². The van der Waals surface area contributed by atoms with Crippen molar-refractivity contribution in [2.24, 2.45) is 0 Å². The molecule has 0 aromatic carbocycles. The molecule has 1 N–H and O–H groups in total. The summed E-state index contributed by atoms with van der Waals surface area (Å²) >= 11 is 0. The van der Waals surface area contributed by atoms with E-state index in [4.69, 9.17) is 10.4 Å². The topological polar surface area (TPSA) is 44.0 Å². The number of aliphatic hydroxyl groups is 1. The van der Waals surface area contributed by atoms with E-state index >= 15 is 0 Å². The van der Waals surface area contributed by atoms with Crippen molar-refractivity contribution in [3.05, 3.63) is 0 Å². The van der Waals surface area contributed by atoms with Gasteiger partial charge in [0.25, 0.3) is 6.26 Å². The van der Waals surface area contributed by atoms with E-state index in [9.17, 15) is 0 Å². The fourth-order valence-corrected chi connectivity index (χ4v) is 0. The van der Waals surface area contributed by atoms with Gasteiger partial charge in [-0.1, -0.05) is 0 Å². The second-order valence-corrected chi connectivity index (χ2v) is 0.100. The van der Waals surface area contributed by atoms with E-state index < -0.39 is 0 Å². The van der Waals surface area contributed by atoms with Gasteiger partial charge in [0, 0.05) is 58.2 Å². The third-order valence-electron chi connectivity index (χ3n) is 0. The second-order valence-electron chi connectivity index (χ2n) is 0.100. The molecular weight excluding hydrogens is 127 g/mol. The molecule has 0 saturated heterocycles. The van der Waals surface area contributed by atoms with Crippen molar-refractivity contribution in [1.82, 2.24) is 0 Å². The summed E-state index contributed by atoms with van der Waals surface area (Å²) in [5, 5.41) is 13.8. The molecule has 4 heavy (non-hydrogen) atoms. The Morgan fingerprint density at radius 1 is 1.75 bits per heavy atom. The zero-order chi connectivity index (χ0) is 2.71. The summed E-state index contributed by atoms with van der Waals surface area (Å²) in [6.07, 6.45) is 0.750. The van der Waals surface area contributed by atoms with Gasteiger partial charge in [0.2, 0.25) is 0 Å². The molecule has 0 fully saturated rings. The van der Waals surface area contributed by atoms with Crippen molar-refractivity contribution in [1.29, 1.82) is 5.26 Å². The van der Waals surface area contributed by atoms with Crippen LogP contribution in [0, 0.1) is 11.5 Å². The summed E-state index contributed by atoms with van der Waals surface area (Å²) in [7, 11) is 0. The minimum Gasteiger partial charge on any atom is -0.443 e. The monoisotopic (exact) mass is 128 g/mol. The van der Waals surface area contributed by atoms with E-state index in [1.165, 1.54) is 0 Å². The summed E-state index contributed by atoms with van der Waals surface area (Å²) in [6, 6.07) is 0. The second kappa shape index (κ2) is 8.94. The number of hydrogen-bond acceptors (Lipinski definition) is 2. The first-order valence-corrected chi connectivity index (χ1v) is 0.447. The Hall–Kier alpha value is 1.10. The molecule has 0 spiro atoms. The van der Waals surface area contributed by atoms with Gasteiger partial charge in [0.15, 0.2) is 0 Å². The number of nitriles is 1. The normalized spacial score (nSPS) is 1.75. The molecule has 0 heterocycles. The molecule has 0 aliphatic rings. The van der Waals surface area contributed by atoms with Crippen LogP contribution in [-0.2, 0) is 0 Å². The molecule has 0 rings (SSSR count). The molecular formula is CHNORb. The molecule has 0 aromatic rings. The van der Waals surface area contributed by atoms with Crippen LogP contribution in [0.15, 0.2) is 0 Å². The largest absolute Gasteiger partial charge is 0.443 e. The van der Waals surface area contributed by atoms with Crippen LogP contribution in [0.2, 0.25) is 0 Å². The molecule has 0 aliphatic carbocycles. The molecule has 0 bridgehead atoms. The number of aliphatic hydroxyl groups excluding tert-OH is 1. The Bertz CT molecular complexity index is 29.5. The van der Waals surface area contributed by atoms with E-state index in [0.29, 0.717) is 0 Å². The zero-order valence-electron chi connectivity index (χ0n) is 2.39. The van der Waals surface area contributed by atoms with Gasteiger partial charge in [-0.2, -0.15) is 5.26 Å². The summed E-state index contributed by atoms with van der Waals surface area (Å²) in [6.45, 7) is 0. The van der Waals surface area contributed by atoms with Crippen LogP contribution in [0.5, 0.6) is 0 Å². The quantitative estimate of drug-likeness (QED) is 0.446. The third-order valence-corrected chi connectivity index (χ3v) is 0. The summed E-state index contributed by atoms with van der Waals surface area (Å²) in [4.78, 5) is 0. The number of rotatable bonds is 0. The molecule has 3 heteroatoms. The first-order chi connectivity index (χ1) is 1.41. The van der Waals surface area contributed by atoms with Crippen LogP contribution in [0.3, 0.4) is 0 Å². The van der Waals surface area contributed by atoms with Crippen molar-refractivity contribution in [2.75, 3.05) is 0 Å². The van der Waals surface area contributed by atoms with Crippen LogP contribution < -0.4 is 0 Å². The van der Waals surface area contributed by atoms with Gasteiger partial charge >= 0.3 is 0 Å². The zero-order valence-corrected chi connectivity index (χ0v) is 7.31. The number of nitrogens with zero attached hydrogens (tertiary/aromatic N) is 1. The van der Waals surface area contributed by atoms with Gasteiger partial charge in [0.05, 0.1) is 0 Å². The smallest absolute Gasteiger partial charge is 0.283 e. The van der Waals surface area contributed by atoms with Crippen molar-refractivity contribution < 1.29 is 5.11 Å². The minimum absolute atomic E-state index is 0. The summed E-state index contributed by atoms with van der Waals surface area (Å²) < 4.78 is 0. The molecule has 0 amide bonds. The first-order valence-electron chi connectivity index (χ1n) is 0.447. The van der Waals surface area contributed by atoms with E-state index in [1.54, 1.807) is 0 Å². The third kappa shape index (κ3) is 11.3. The molecule has 17 valence electrons. The van der Waals surface area contributed by atoms with Gasteiger partial charge in [-0.15, -0.1) is 0 Å². The molecule has 0 atom stereocenters. The number of hydrogen-bond donors (Lipinski definition) is 1. The van der Waals surface area contributed by atoms with E-state index in [0.717, 1.165) is 6.26 Å². The molecule has 1 radical (unpaired) electrons. The minimum atomic E-state index is 0.